The summed E-state index contributed by atoms with van der Waals surface area (Å²) < 4.78 is 18.3. The summed E-state index contributed by atoms with van der Waals surface area (Å²) >= 11 is 1.28. The van der Waals surface area contributed by atoms with Crippen LogP contribution < -0.4 is 24.4 Å². The van der Waals surface area contributed by atoms with E-state index in [1.54, 1.807) is 37.7 Å². The molecule has 2 aromatic carbocycles. The number of carbonyl (C=O) groups excluding carboxylic acids is 1. The van der Waals surface area contributed by atoms with Gasteiger partial charge in [-0.2, -0.15) is 0 Å². The highest BCUT2D eigenvalue weighted by molar-refractivity contribution is 7.07. The first-order valence-corrected chi connectivity index (χ1v) is 12.0. The number of rotatable bonds is 8. The van der Waals surface area contributed by atoms with Gasteiger partial charge in [-0.3, -0.25) is 9.36 Å². The number of carbonyl (C=O) groups is 1. The Kier molecular flexibility index (Phi) is 7.31. The van der Waals surface area contributed by atoms with Crippen molar-refractivity contribution in [2.24, 2.45) is 4.99 Å². The van der Waals surface area contributed by atoms with Gasteiger partial charge in [-0.05, 0) is 55.3 Å². The van der Waals surface area contributed by atoms with Crippen LogP contribution in [0.2, 0.25) is 0 Å². The number of nitrogens with zero attached hydrogens (tertiary/aromatic N) is 2. The van der Waals surface area contributed by atoms with Crippen LogP contribution in [-0.2, 0) is 9.53 Å². The van der Waals surface area contributed by atoms with Crippen LogP contribution in [0.25, 0.3) is 6.08 Å². The van der Waals surface area contributed by atoms with E-state index < -0.39 is 12.0 Å². The van der Waals surface area contributed by atoms with Crippen molar-refractivity contribution in [1.29, 1.82) is 0 Å². The maximum absolute atomic E-state index is 13.6. The number of aromatic nitrogens is 1. The smallest absolute Gasteiger partial charge is 0.338 e. The number of fused-ring (bicyclic) bond motifs is 1. The molecule has 0 saturated carbocycles. The van der Waals surface area contributed by atoms with Crippen molar-refractivity contribution in [3.8, 4) is 11.5 Å². The number of hydrogen-bond acceptors (Lipinski definition) is 7. The molecule has 1 aromatic heterocycles. The summed E-state index contributed by atoms with van der Waals surface area (Å²) in [5, 5.41) is 0. The van der Waals surface area contributed by atoms with Crippen LogP contribution in [0.3, 0.4) is 0 Å². The lowest BCUT2D eigenvalue weighted by Crippen LogP contribution is -2.39. The number of benzene rings is 2. The predicted octanol–water partition coefficient (Wildman–Crippen LogP) is 3.37. The summed E-state index contributed by atoms with van der Waals surface area (Å²) in [6.45, 7) is 7.77. The minimum Gasteiger partial charge on any atom is -0.497 e. The minimum atomic E-state index is -0.675. The summed E-state index contributed by atoms with van der Waals surface area (Å²) in [5.74, 6) is 0.869. The van der Waals surface area contributed by atoms with E-state index in [2.05, 4.69) is 11.6 Å². The normalized spacial score (nSPS) is 15.3. The van der Waals surface area contributed by atoms with Crippen LogP contribution in [0, 0.1) is 0 Å². The lowest BCUT2D eigenvalue weighted by molar-refractivity contribution is -0.139. The molecule has 0 fully saturated rings. The standard InChI is InChI=1S/C27H26N2O5S/c1-5-14-34-20-12-10-19(11-13-20)24-23(26(31)33-6-2)17(3)28-27-29(24)25(30)22(35-27)16-18-8-7-9-21(15-18)32-4/h5,7-13,15-16,24H,1,6,14H2,2-4H3/b22-16-. The van der Waals surface area contributed by atoms with Gasteiger partial charge in [-0.1, -0.05) is 48.3 Å². The van der Waals surface area contributed by atoms with E-state index in [4.69, 9.17) is 14.2 Å². The van der Waals surface area contributed by atoms with Crippen LogP contribution in [0.4, 0.5) is 0 Å². The zero-order chi connectivity index (χ0) is 24.9. The molecule has 0 radical (unpaired) electrons. The average Bonchev–Trinajstić information content (AvgIpc) is 3.16. The Bertz CT molecular complexity index is 1460. The Hall–Kier alpha value is -3.91. The Labute approximate surface area is 206 Å². The molecule has 7 nitrogen and oxygen atoms in total. The summed E-state index contributed by atoms with van der Waals surface area (Å²) in [4.78, 5) is 31.7. The van der Waals surface area contributed by atoms with Gasteiger partial charge in [0.05, 0.1) is 35.6 Å². The highest BCUT2D eigenvalue weighted by Crippen LogP contribution is 2.31. The predicted molar refractivity (Wildman–Crippen MR) is 136 cm³/mol. The second-order valence-corrected chi connectivity index (χ2v) is 8.76. The van der Waals surface area contributed by atoms with Crippen LogP contribution in [0.1, 0.15) is 31.0 Å². The molecular weight excluding hydrogens is 464 g/mol. The van der Waals surface area contributed by atoms with Crippen LogP contribution >= 0.6 is 11.3 Å². The van der Waals surface area contributed by atoms with E-state index in [0.29, 0.717) is 38.7 Å². The van der Waals surface area contributed by atoms with Crippen molar-refractivity contribution in [1.82, 2.24) is 4.57 Å². The summed E-state index contributed by atoms with van der Waals surface area (Å²) in [5.41, 5.74) is 2.21. The minimum absolute atomic E-state index is 0.219. The van der Waals surface area contributed by atoms with E-state index in [9.17, 15) is 9.59 Å². The zero-order valence-corrected chi connectivity index (χ0v) is 20.6. The molecule has 4 rings (SSSR count). The molecule has 0 aliphatic carbocycles. The van der Waals surface area contributed by atoms with Crippen molar-refractivity contribution < 1.29 is 19.0 Å². The molecule has 180 valence electrons. The number of allylic oxidation sites excluding steroid dienone is 1. The molecule has 0 bridgehead atoms. The number of hydrogen-bond donors (Lipinski definition) is 0. The molecule has 1 unspecified atom stereocenters. The fraction of sp³-hybridized carbons (Fsp3) is 0.222. The van der Waals surface area contributed by atoms with E-state index in [1.165, 1.54) is 11.3 Å². The van der Waals surface area contributed by atoms with Gasteiger partial charge in [-0.25, -0.2) is 9.79 Å². The fourth-order valence-electron chi connectivity index (χ4n) is 3.89. The lowest BCUT2D eigenvalue weighted by Gasteiger charge is -2.24. The van der Waals surface area contributed by atoms with Gasteiger partial charge < -0.3 is 14.2 Å². The molecule has 0 amide bonds. The van der Waals surface area contributed by atoms with Crippen LogP contribution in [0.5, 0.6) is 11.5 Å². The Morgan fingerprint density at radius 1 is 1.20 bits per heavy atom. The second-order valence-electron chi connectivity index (χ2n) is 7.75. The lowest BCUT2D eigenvalue weighted by atomic mass is 9.96. The molecule has 1 aliphatic rings. The second kappa shape index (κ2) is 10.6. The maximum Gasteiger partial charge on any atom is 0.338 e. The first-order chi connectivity index (χ1) is 17.0. The highest BCUT2D eigenvalue weighted by atomic mass is 32.1. The van der Waals surface area contributed by atoms with E-state index in [0.717, 1.165) is 11.1 Å². The molecule has 1 aliphatic heterocycles. The van der Waals surface area contributed by atoms with Crippen molar-refractivity contribution in [3.63, 3.8) is 0 Å². The molecule has 0 spiro atoms. The van der Waals surface area contributed by atoms with Crippen molar-refractivity contribution in [3.05, 3.63) is 103 Å². The fourth-order valence-corrected chi connectivity index (χ4v) is 4.94. The first-order valence-electron chi connectivity index (χ1n) is 11.1. The quantitative estimate of drug-likeness (QED) is 0.357. The van der Waals surface area contributed by atoms with Gasteiger partial charge in [0.1, 0.15) is 18.1 Å². The van der Waals surface area contributed by atoms with Crippen LogP contribution in [-0.4, -0.2) is 30.9 Å². The largest absolute Gasteiger partial charge is 0.497 e. The Balaban J connectivity index is 1.88. The third kappa shape index (κ3) is 4.97. The molecule has 0 saturated heterocycles. The third-order valence-electron chi connectivity index (χ3n) is 5.47. The molecule has 1 atom stereocenters. The third-order valence-corrected chi connectivity index (χ3v) is 6.46. The number of thiazole rings is 1. The van der Waals surface area contributed by atoms with E-state index in [-0.39, 0.29) is 12.2 Å². The zero-order valence-electron chi connectivity index (χ0n) is 19.8. The van der Waals surface area contributed by atoms with Crippen molar-refractivity contribution in [2.45, 2.75) is 19.9 Å². The van der Waals surface area contributed by atoms with Gasteiger partial charge in [0.2, 0.25) is 0 Å². The molecule has 2 heterocycles. The van der Waals surface area contributed by atoms with Gasteiger partial charge >= 0.3 is 5.97 Å². The summed E-state index contributed by atoms with van der Waals surface area (Å²) in [7, 11) is 1.60. The maximum atomic E-state index is 13.6. The van der Waals surface area contributed by atoms with E-state index in [1.807, 2.05) is 48.5 Å². The van der Waals surface area contributed by atoms with Crippen LogP contribution in [0.15, 0.2) is 82.2 Å². The SMILES string of the molecule is C=CCOc1ccc(C2C(C(=O)OCC)=C(C)N=c3s/c(=C\c4cccc(OC)c4)c(=O)n32)cc1. The van der Waals surface area contributed by atoms with Gasteiger partial charge in [-0.15, -0.1) is 0 Å². The van der Waals surface area contributed by atoms with Crippen molar-refractivity contribution in [2.75, 3.05) is 20.3 Å². The number of ether oxygens (including phenoxy) is 3. The summed E-state index contributed by atoms with van der Waals surface area (Å²) in [6.07, 6.45) is 3.47. The molecule has 8 heteroatoms. The molecule has 35 heavy (non-hydrogen) atoms. The van der Waals surface area contributed by atoms with Crippen molar-refractivity contribution >= 4 is 23.4 Å². The van der Waals surface area contributed by atoms with E-state index >= 15 is 0 Å². The average molecular weight is 491 g/mol. The Morgan fingerprint density at radius 3 is 2.66 bits per heavy atom. The van der Waals surface area contributed by atoms with Gasteiger partial charge in [0.15, 0.2) is 4.80 Å². The number of esters is 1. The molecule has 0 N–H and O–H groups in total. The number of methoxy groups -OCH3 is 1. The van der Waals surface area contributed by atoms with Gasteiger partial charge in [0.25, 0.3) is 5.56 Å². The van der Waals surface area contributed by atoms with Gasteiger partial charge in [0, 0.05) is 0 Å². The molecular formula is C27H26N2O5S. The molecule has 3 aromatic rings. The highest BCUT2D eigenvalue weighted by Gasteiger charge is 2.33. The first kappa shape index (κ1) is 24.2. The summed E-state index contributed by atoms with van der Waals surface area (Å²) in [6, 6.07) is 14.1. The Morgan fingerprint density at radius 2 is 1.97 bits per heavy atom. The topological polar surface area (TPSA) is 79.1 Å². The monoisotopic (exact) mass is 490 g/mol.